The van der Waals surface area contributed by atoms with Gasteiger partial charge < -0.3 is 10.1 Å². The molecule has 11 heteroatoms. The molecule has 36 heavy (non-hydrogen) atoms. The Morgan fingerprint density at radius 1 is 1.08 bits per heavy atom. The third kappa shape index (κ3) is 4.62. The maximum absolute atomic E-state index is 12.7. The van der Waals surface area contributed by atoms with Crippen LogP contribution in [0.25, 0.3) is 5.70 Å². The first-order valence-corrected chi connectivity index (χ1v) is 11.2. The number of anilines is 2. The Kier molecular flexibility index (Phi) is 6.09. The maximum Gasteiger partial charge on any atom is 0.269 e. The third-order valence-electron chi connectivity index (χ3n) is 5.64. The zero-order valence-electron chi connectivity index (χ0n) is 18.9. The van der Waals surface area contributed by atoms with Crippen LogP contribution in [0.5, 0.6) is 5.75 Å². The molecular formula is C25H19ClN6O4. The number of aromatic nitrogens is 3. The number of rotatable bonds is 6. The minimum atomic E-state index is -0.525. The minimum absolute atomic E-state index is 0.0881. The Balaban J connectivity index is 1.47. The molecule has 0 radical (unpaired) electrons. The van der Waals surface area contributed by atoms with Crippen molar-refractivity contribution in [3.8, 4) is 5.75 Å². The van der Waals surface area contributed by atoms with Gasteiger partial charge in [0.1, 0.15) is 11.8 Å². The summed E-state index contributed by atoms with van der Waals surface area (Å²) in [5, 5.41) is 21.9. The van der Waals surface area contributed by atoms with E-state index in [0.29, 0.717) is 11.0 Å². The lowest BCUT2D eigenvalue weighted by atomic mass is 10.0. The Bertz CT molecular complexity index is 1460. The predicted octanol–water partition coefficient (Wildman–Crippen LogP) is 5.16. The highest BCUT2D eigenvalue weighted by molar-refractivity contribution is 6.30. The summed E-state index contributed by atoms with van der Waals surface area (Å²) in [6, 6.07) is 20.0. The predicted molar refractivity (Wildman–Crippen MR) is 135 cm³/mol. The van der Waals surface area contributed by atoms with Crippen LogP contribution in [0, 0.1) is 10.1 Å². The smallest absolute Gasteiger partial charge is 0.269 e. The molecule has 0 fully saturated rings. The van der Waals surface area contributed by atoms with Crippen LogP contribution in [0.15, 0.2) is 78.9 Å². The number of nitrogens with zero attached hydrogens (tertiary/aromatic N) is 4. The molecule has 1 aromatic heterocycles. The van der Waals surface area contributed by atoms with E-state index < -0.39 is 10.8 Å². The number of nitrogens with one attached hydrogen (secondary N) is 2. The quantitative estimate of drug-likeness (QED) is 0.276. The number of amides is 1. The Labute approximate surface area is 210 Å². The normalized spacial score (nSPS) is 14.3. The minimum Gasteiger partial charge on any atom is -0.497 e. The standard InChI is InChI=1S/C25H19ClN6O4/c1-36-20-12-6-16(7-13-20)22-14-21(15-2-8-18(26)9-3-15)27-25-29-24(30-31(22)25)28-23(33)17-4-10-19(11-5-17)32(34)35/h2-14,22H,1H3,(H2,27,28,29,30,33)/t22-/m1/s1. The summed E-state index contributed by atoms with van der Waals surface area (Å²) in [6.45, 7) is 0. The van der Waals surface area contributed by atoms with E-state index in [9.17, 15) is 14.9 Å². The molecule has 0 unspecified atom stereocenters. The molecule has 0 saturated carbocycles. The molecule has 1 aliphatic rings. The van der Waals surface area contributed by atoms with E-state index in [1.165, 1.54) is 24.3 Å². The van der Waals surface area contributed by atoms with E-state index in [2.05, 4.69) is 20.7 Å². The zero-order valence-corrected chi connectivity index (χ0v) is 19.6. The molecule has 1 amide bonds. The highest BCUT2D eigenvalue weighted by Crippen LogP contribution is 2.34. The van der Waals surface area contributed by atoms with Crippen LogP contribution in [0.4, 0.5) is 17.6 Å². The number of carbonyl (C=O) groups excluding carboxylic acids is 1. The second-order valence-corrected chi connectivity index (χ2v) is 8.33. The molecular weight excluding hydrogens is 484 g/mol. The van der Waals surface area contributed by atoms with E-state index in [4.69, 9.17) is 16.3 Å². The topological polar surface area (TPSA) is 124 Å². The summed E-state index contributed by atoms with van der Waals surface area (Å²) in [7, 11) is 1.60. The second kappa shape index (κ2) is 9.51. The highest BCUT2D eigenvalue weighted by atomic mass is 35.5. The number of nitro benzene ring substituents is 1. The number of hydrogen-bond acceptors (Lipinski definition) is 7. The maximum atomic E-state index is 12.7. The molecule has 3 aromatic carbocycles. The number of nitro groups is 1. The molecule has 0 spiro atoms. The van der Waals surface area contributed by atoms with Gasteiger partial charge in [-0.2, -0.15) is 4.98 Å². The molecule has 180 valence electrons. The fraction of sp³-hybridized carbons (Fsp3) is 0.0800. The molecule has 4 aromatic rings. The first-order chi connectivity index (χ1) is 17.4. The van der Waals surface area contributed by atoms with Crippen molar-refractivity contribution in [2.75, 3.05) is 17.7 Å². The van der Waals surface area contributed by atoms with Crippen molar-refractivity contribution in [2.45, 2.75) is 6.04 Å². The van der Waals surface area contributed by atoms with Gasteiger partial charge in [0.2, 0.25) is 5.95 Å². The monoisotopic (exact) mass is 502 g/mol. The van der Waals surface area contributed by atoms with Crippen LogP contribution < -0.4 is 15.4 Å². The van der Waals surface area contributed by atoms with E-state index >= 15 is 0 Å². The van der Waals surface area contributed by atoms with Gasteiger partial charge in [0.25, 0.3) is 17.5 Å². The fourth-order valence-corrected chi connectivity index (χ4v) is 3.92. The van der Waals surface area contributed by atoms with Crippen LogP contribution in [0.3, 0.4) is 0 Å². The molecule has 0 bridgehead atoms. The zero-order chi connectivity index (χ0) is 25.2. The molecule has 2 heterocycles. The largest absolute Gasteiger partial charge is 0.497 e. The third-order valence-corrected chi connectivity index (χ3v) is 5.90. The van der Waals surface area contributed by atoms with Crippen LogP contribution in [-0.4, -0.2) is 32.7 Å². The number of ether oxygens (including phenoxy) is 1. The number of fused-ring (bicyclic) bond motifs is 1. The van der Waals surface area contributed by atoms with Crippen molar-refractivity contribution in [3.05, 3.63) is 111 Å². The Morgan fingerprint density at radius 3 is 2.42 bits per heavy atom. The Hall–Kier alpha value is -4.70. The molecule has 0 aliphatic carbocycles. The number of methoxy groups -OCH3 is 1. The van der Waals surface area contributed by atoms with Gasteiger partial charge in [-0.25, -0.2) is 4.68 Å². The molecule has 2 N–H and O–H groups in total. The van der Waals surface area contributed by atoms with Gasteiger partial charge in [0.15, 0.2) is 0 Å². The first-order valence-electron chi connectivity index (χ1n) is 10.8. The first kappa shape index (κ1) is 23.1. The highest BCUT2D eigenvalue weighted by Gasteiger charge is 2.26. The lowest BCUT2D eigenvalue weighted by molar-refractivity contribution is -0.384. The van der Waals surface area contributed by atoms with E-state index in [1.807, 2.05) is 42.5 Å². The van der Waals surface area contributed by atoms with E-state index in [1.54, 1.807) is 23.9 Å². The summed E-state index contributed by atoms with van der Waals surface area (Å²) in [5.41, 5.74) is 2.79. The van der Waals surface area contributed by atoms with Crippen molar-refractivity contribution >= 4 is 40.8 Å². The van der Waals surface area contributed by atoms with Gasteiger partial charge in [0.05, 0.1) is 12.0 Å². The lowest BCUT2D eigenvalue weighted by Crippen LogP contribution is -2.20. The van der Waals surface area contributed by atoms with Gasteiger partial charge in [-0.3, -0.25) is 20.2 Å². The SMILES string of the molecule is COc1ccc([C@H]2C=C(c3ccc(Cl)cc3)Nc3nc(NC(=O)c4ccc([N+](=O)[O-])cc4)nn32)cc1. The summed E-state index contributed by atoms with van der Waals surface area (Å²) >= 11 is 6.06. The Morgan fingerprint density at radius 2 is 1.78 bits per heavy atom. The number of allylic oxidation sites excluding steroid dienone is 1. The van der Waals surface area contributed by atoms with Crippen LogP contribution in [-0.2, 0) is 0 Å². The number of non-ortho nitro benzene ring substituents is 1. The van der Waals surface area contributed by atoms with E-state index in [0.717, 1.165) is 22.6 Å². The molecule has 0 saturated heterocycles. The average molecular weight is 503 g/mol. The van der Waals surface area contributed by atoms with Crippen molar-refractivity contribution in [2.24, 2.45) is 0 Å². The number of hydrogen-bond donors (Lipinski definition) is 2. The number of benzene rings is 3. The van der Waals surface area contributed by atoms with Gasteiger partial charge in [-0.1, -0.05) is 35.9 Å². The fourth-order valence-electron chi connectivity index (χ4n) is 3.79. The van der Waals surface area contributed by atoms with Crippen molar-refractivity contribution in [3.63, 3.8) is 0 Å². The van der Waals surface area contributed by atoms with Crippen LogP contribution in [0.1, 0.15) is 27.5 Å². The number of halogens is 1. The molecule has 1 aliphatic heterocycles. The van der Waals surface area contributed by atoms with Crippen molar-refractivity contribution < 1.29 is 14.5 Å². The van der Waals surface area contributed by atoms with Gasteiger partial charge in [-0.05, 0) is 53.6 Å². The molecule has 5 rings (SSSR count). The van der Waals surface area contributed by atoms with Gasteiger partial charge in [-0.15, -0.1) is 5.10 Å². The number of carbonyl (C=O) groups is 1. The van der Waals surface area contributed by atoms with Gasteiger partial charge >= 0.3 is 0 Å². The summed E-state index contributed by atoms with van der Waals surface area (Å²) in [5.74, 6) is 0.761. The van der Waals surface area contributed by atoms with Crippen molar-refractivity contribution in [1.29, 1.82) is 0 Å². The molecule has 10 nitrogen and oxygen atoms in total. The van der Waals surface area contributed by atoms with Crippen molar-refractivity contribution in [1.82, 2.24) is 14.8 Å². The lowest BCUT2D eigenvalue weighted by Gasteiger charge is -2.24. The summed E-state index contributed by atoms with van der Waals surface area (Å²) in [4.78, 5) is 27.5. The van der Waals surface area contributed by atoms with Crippen LogP contribution >= 0.6 is 11.6 Å². The molecule has 1 atom stereocenters. The average Bonchev–Trinajstić information content (AvgIpc) is 3.31. The summed E-state index contributed by atoms with van der Waals surface area (Å²) < 4.78 is 6.95. The van der Waals surface area contributed by atoms with E-state index in [-0.39, 0.29) is 23.2 Å². The van der Waals surface area contributed by atoms with Gasteiger partial charge in [0, 0.05) is 28.4 Å². The summed E-state index contributed by atoms with van der Waals surface area (Å²) in [6.07, 6.45) is 2.01. The van der Waals surface area contributed by atoms with Crippen LogP contribution in [0.2, 0.25) is 5.02 Å². The second-order valence-electron chi connectivity index (χ2n) is 7.89.